The molecule has 0 fully saturated rings. The van der Waals surface area contributed by atoms with Crippen molar-refractivity contribution in [1.29, 1.82) is 0 Å². The fourth-order valence-corrected chi connectivity index (χ4v) is 3.44. The summed E-state index contributed by atoms with van der Waals surface area (Å²) >= 11 is 12.5. The molecule has 3 aromatic carbocycles. The molecule has 0 atom stereocenters. The van der Waals surface area contributed by atoms with E-state index in [0.29, 0.717) is 34.7 Å². The van der Waals surface area contributed by atoms with E-state index in [4.69, 9.17) is 32.7 Å². The van der Waals surface area contributed by atoms with Crippen molar-refractivity contribution in [2.45, 2.75) is 20.1 Å². The number of carbonyl (C=O) groups is 1. The predicted octanol–water partition coefficient (Wildman–Crippen LogP) is 6.20. The quantitative estimate of drug-likeness (QED) is 0.431. The van der Waals surface area contributed by atoms with Gasteiger partial charge in [-0.1, -0.05) is 41.4 Å². The average molecular weight is 446 g/mol. The van der Waals surface area contributed by atoms with Gasteiger partial charge >= 0.3 is 5.97 Å². The number of nitrogens with one attached hydrogen (secondary N) is 1. The Morgan fingerprint density at radius 2 is 1.87 bits per heavy atom. The highest BCUT2D eigenvalue weighted by Crippen LogP contribution is 2.37. The molecule has 0 aliphatic carbocycles. The molecule has 0 saturated heterocycles. The lowest BCUT2D eigenvalue weighted by molar-refractivity contribution is 0.0697. The Kier molecular flexibility index (Phi) is 7.08. The van der Waals surface area contributed by atoms with Crippen molar-refractivity contribution in [3.63, 3.8) is 0 Å². The van der Waals surface area contributed by atoms with E-state index in [1.807, 2.05) is 31.2 Å². The zero-order valence-electron chi connectivity index (χ0n) is 16.5. The van der Waals surface area contributed by atoms with Crippen LogP contribution in [0, 0.1) is 6.92 Å². The fraction of sp³-hybridized carbons (Fsp3) is 0.174. The van der Waals surface area contributed by atoms with Gasteiger partial charge in [-0.3, -0.25) is 0 Å². The summed E-state index contributed by atoms with van der Waals surface area (Å²) < 4.78 is 11.3. The van der Waals surface area contributed by atoms with Crippen LogP contribution in [0.25, 0.3) is 0 Å². The molecule has 0 spiro atoms. The first-order valence-corrected chi connectivity index (χ1v) is 9.94. The van der Waals surface area contributed by atoms with Gasteiger partial charge in [-0.15, -0.1) is 0 Å². The Bertz CT molecular complexity index is 1070. The summed E-state index contributed by atoms with van der Waals surface area (Å²) in [7, 11) is 1.55. The van der Waals surface area contributed by atoms with E-state index in [2.05, 4.69) is 5.32 Å². The van der Waals surface area contributed by atoms with Gasteiger partial charge in [0, 0.05) is 17.3 Å². The monoisotopic (exact) mass is 445 g/mol. The lowest BCUT2D eigenvalue weighted by Gasteiger charge is -2.16. The van der Waals surface area contributed by atoms with E-state index in [-0.39, 0.29) is 5.56 Å². The third kappa shape index (κ3) is 5.38. The van der Waals surface area contributed by atoms with Crippen LogP contribution in [0.3, 0.4) is 0 Å². The second-order valence-corrected chi connectivity index (χ2v) is 7.56. The number of anilines is 1. The summed E-state index contributed by atoms with van der Waals surface area (Å²) in [4.78, 5) is 11.2. The highest BCUT2D eigenvalue weighted by atomic mass is 35.5. The van der Waals surface area contributed by atoms with Gasteiger partial charge in [0.2, 0.25) is 0 Å². The maximum absolute atomic E-state index is 11.2. The number of carboxylic acid groups (broad SMARTS) is 1. The van der Waals surface area contributed by atoms with E-state index < -0.39 is 5.97 Å². The van der Waals surface area contributed by atoms with Crippen LogP contribution in [-0.2, 0) is 13.2 Å². The number of aryl methyl sites for hydroxylation is 1. The summed E-state index contributed by atoms with van der Waals surface area (Å²) in [6.07, 6.45) is 0. The van der Waals surface area contributed by atoms with Gasteiger partial charge in [0.1, 0.15) is 6.61 Å². The zero-order valence-corrected chi connectivity index (χ0v) is 18.1. The molecular formula is C23H21Cl2NO4. The first-order chi connectivity index (χ1) is 14.4. The average Bonchev–Trinajstić information content (AvgIpc) is 2.71. The number of rotatable bonds is 8. The van der Waals surface area contributed by atoms with Gasteiger partial charge in [-0.2, -0.15) is 0 Å². The van der Waals surface area contributed by atoms with Crippen LogP contribution in [0.1, 0.15) is 27.0 Å². The fourth-order valence-electron chi connectivity index (χ4n) is 2.94. The van der Waals surface area contributed by atoms with E-state index in [0.717, 1.165) is 22.4 Å². The van der Waals surface area contributed by atoms with Crippen molar-refractivity contribution in [3.8, 4) is 11.5 Å². The third-order valence-corrected chi connectivity index (χ3v) is 5.04. The minimum Gasteiger partial charge on any atom is -0.493 e. The molecule has 0 heterocycles. The number of halogens is 2. The Morgan fingerprint density at radius 3 is 2.57 bits per heavy atom. The molecular weight excluding hydrogens is 425 g/mol. The SMILES string of the molecule is COc1cc(CNc2cc(C(=O)O)ccc2C)cc(Cl)c1OCc1cccc(Cl)c1. The van der Waals surface area contributed by atoms with E-state index in [9.17, 15) is 9.90 Å². The Balaban J connectivity index is 1.75. The molecule has 0 radical (unpaired) electrons. The molecule has 30 heavy (non-hydrogen) atoms. The van der Waals surface area contributed by atoms with Gasteiger partial charge in [0.25, 0.3) is 0 Å². The van der Waals surface area contributed by atoms with Crippen molar-refractivity contribution in [2.24, 2.45) is 0 Å². The maximum Gasteiger partial charge on any atom is 0.335 e. The van der Waals surface area contributed by atoms with Gasteiger partial charge in [-0.25, -0.2) is 4.79 Å². The summed E-state index contributed by atoms with van der Waals surface area (Å²) in [6.45, 7) is 2.65. The molecule has 3 aromatic rings. The Labute approximate surface area is 185 Å². The predicted molar refractivity (Wildman–Crippen MR) is 119 cm³/mol. The molecule has 0 unspecified atom stereocenters. The molecule has 3 rings (SSSR count). The Morgan fingerprint density at radius 1 is 1.07 bits per heavy atom. The number of aromatic carboxylic acids is 1. The lowest BCUT2D eigenvalue weighted by atomic mass is 10.1. The van der Waals surface area contributed by atoms with Gasteiger partial charge < -0.3 is 19.9 Å². The molecule has 0 aromatic heterocycles. The lowest BCUT2D eigenvalue weighted by Crippen LogP contribution is -2.05. The second kappa shape index (κ2) is 9.74. The number of hydrogen-bond acceptors (Lipinski definition) is 4. The molecule has 7 heteroatoms. The van der Waals surface area contributed by atoms with Crippen LogP contribution in [0.2, 0.25) is 10.0 Å². The first-order valence-electron chi connectivity index (χ1n) is 9.19. The summed E-state index contributed by atoms with van der Waals surface area (Å²) in [5, 5.41) is 13.5. The minimum atomic E-state index is -0.969. The summed E-state index contributed by atoms with van der Waals surface area (Å²) in [6, 6.07) is 16.0. The van der Waals surface area contributed by atoms with Gasteiger partial charge in [0.05, 0.1) is 17.7 Å². The second-order valence-electron chi connectivity index (χ2n) is 6.72. The normalized spacial score (nSPS) is 10.5. The number of hydrogen-bond donors (Lipinski definition) is 2. The molecule has 0 saturated carbocycles. The zero-order chi connectivity index (χ0) is 21.7. The Hall–Kier alpha value is -2.89. The van der Waals surface area contributed by atoms with Crippen molar-refractivity contribution in [2.75, 3.05) is 12.4 Å². The smallest absolute Gasteiger partial charge is 0.335 e. The first kappa shape index (κ1) is 21.8. The van der Waals surface area contributed by atoms with Crippen LogP contribution < -0.4 is 14.8 Å². The van der Waals surface area contributed by atoms with E-state index >= 15 is 0 Å². The van der Waals surface area contributed by atoms with Crippen molar-refractivity contribution in [1.82, 2.24) is 0 Å². The molecule has 156 valence electrons. The number of ether oxygens (including phenoxy) is 2. The standard InChI is InChI=1S/C23H21Cl2NO4/c1-14-6-7-17(23(27)28)11-20(14)26-12-16-9-19(25)22(21(10-16)29-2)30-13-15-4-3-5-18(24)8-15/h3-11,26H,12-13H2,1-2H3,(H,27,28). The van der Waals surface area contributed by atoms with Crippen molar-refractivity contribution in [3.05, 3.63) is 86.9 Å². The maximum atomic E-state index is 11.2. The van der Waals surface area contributed by atoms with Crippen molar-refractivity contribution >= 4 is 34.9 Å². The third-order valence-electron chi connectivity index (χ3n) is 4.53. The highest BCUT2D eigenvalue weighted by Gasteiger charge is 2.13. The molecule has 2 N–H and O–H groups in total. The number of methoxy groups -OCH3 is 1. The highest BCUT2D eigenvalue weighted by molar-refractivity contribution is 6.32. The largest absolute Gasteiger partial charge is 0.493 e. The van der Waals surface area contributed by atoms with Crippen LogP contribution in [0.5, 0.6) is 11.5 Å². The number of carboxylic acids is 1. The number of benzene rings is 3. The molecule has 0 aliphatic heterocycles. The van der Waals surface area contributed by atoms with Crippen LogP contribution in [0.15, 0.2) is 54.6 Å². The molecule has 0 bridgehead atoms. The topological polar surface area (TPSA) is 67.8 Å². The molecule has 5 nitrogen and oxygen atoms in total. The summed E-state index contributed by atoms with van der Waals surface area (Å²) in [5.41, 5.74) is 3.70. The van der Waals surface area contributed by atoms with Crippen LogP contribution >= 0.6 is 23.2 Å². The van der Waals surface area contributed by atoms with Crippen LogP contribution in [-0.4, -0.2) is 18.2 Å². The van der Waals surface area contributed by atoms with Gasteiger partial charge in [-0.05, 0) is 60.0 Å². The minimum absolute atomic E-state index is 0.225. The van der Waals surface area contributed by atoms with E-state index in [1.165, 1.54) is 0 Å². The molecule has 0 aliphatic rings. The van der Waals surface area contributed by atoms with Crippen LogP contribution in [0.4, 0.5) is 5.69 Å². The molecule has 0 amide bonds. The van der Waals surface area contributed by atoms with Gasteiger partial charge in [0.15, 0.2) is 11.5 Å². The summed E-state index contributed by atoms with van der Waals surface area (Å²) in [5.74, 6) is -0.00625. The van der Waals surface area contributed by atoms with Crippen molar-refractivity contribution < 1.29 is 19.4 Å². The van der Waals surface area contributed by atoms with E-state index in [1.54, 1.807) is 37.4 Å².